The summed E-state index contributed by atoms with van der Waals surface area (Å²) < 4.78 is 1.41. The molecule has 5 nitrogen and oxygen atoms in total. The Balaban J connectivity index is 2.01. The van der Waals surface area contributed by atoms with Gasteiger partial charge in [-0.3, -0.25) is 5.01 Å². The number of benzene rings is 2. The van der Waals surface area contributed by atoms with Crippen molar-refractivity contribution < 1.29 is 0 Å². The number of rotatable bonds is 3. The third-order valence-corrected chi connectivity index (χ3v) is 3.56. The van der Waals surface area contributed by atoms with E-state index in [4.69, 9.17) is 5.84 Å². The standard InChI is InChI=1S/C18H19N5/c1-14-8-10-15(11-9-14)17-12-13-23(19)18(20-17)21-22(2)16-6-4-3-5-7-16/h3-13H,19H2,1-2H3/b21-18+. The molecule has 0 amide bonds. The molecule has 116 valence electrons. The van der Waals surface area contributed by atoms with Crippen molar-refractivity contribution in [3.63, 3.8) is 0 Å². The van der Waals surface area contributed by atoms with E-state index in [1.54, 1.807) is 11.2 Å². The smallest absolute Gasteiger partial charge is 0.266 e. The van der Waals surface area contributed by atoms with Gasteiger partial charge in [-0.25, -0.2) is 9.66 Å². The second kappa shape index (κ2) is 6.36. The number of aryl methyl sites for hydroxylation is 1. The highest BCUT2D eigenvalue weighted by atomic mass is 15.5. The van der Waals surface area contributed by atoms with E-state index in [1.165, 1.54) is 10.2 Å². The number of nitrogens with zero attached hydrogens (tertiary/aromatic N) is 4. The van der Waals surface area contributed by atoms with E-state index in [0.29, 0.717) is 5.62 Å². The summed E-state index contributed by atoms with van der Waals surface area (Å²) in [5.74, 6) is 5.95. The van der Waals surface area contributed by atoms with Gasteiger partial charge in [0.25, 0.3) is 5.62 Å². The molecule has 0 aliphatic carbocycles. The fourth-order valence-corrected chi connectivity index (χ4v) is 2.22. The van der Waals surface area contributed by atoms with Crippen LogP contribution in [0.2, 0.25) is 0 Å². The van der Waals surface area contributed by atoms with Gasteiger partial charge in [-0.1, -0.05) is 48.0 Å². The van der Waals surface area contributed by atoms with Gasteiger partial charge in [0.05, 0.1) is 11.4 Å². The van der Waals surface area contributed by atoms with Crippen molar-refractivity contribution in [2.24, 2.45) is 5.10 Å². The summed E-state index contributed by atoms with van der Waals surface area (Å²) in [6, 6.07) is 20.0. The molecule has 23 heavy (non-hydrogen) atoms. The van der Waals surface area contributed by atoms with Crippen molar-refractivity contribution >= 4 is 5.69 Å². The molecule has 0 bridgehead atoms. The van der Waals surface area contributed by atoms with E-state index >= 15 is 0 Å². The Bertz CT molecular complexity index is 851. The van der Waals surface area contributed by atoms with Gasteiger partial charge in [0.2, 0.25) is 0 Å². The van der Waals surface area contributed by atoms with E-state index in [1.807, 2.05) is 55.6 Å². The lowest BCUT2D eigenvalue weighted by molar-refractivity contribution is 0.788. The van der Waals surface area contributed by atoms with Crippen molar-refractivity contribution in [3.8, 4) is 11.3 Å². The monoisotopic (exact) mass is 305 g/mol. The van der Waals surface area contributed by atoms with Crippen molar-refractivity contribution in [3.05, 3.63) is 78.0 Å². The Labute approximate surface area is 135 Å². The first kappa shape index (κ1) is 14.8. The Kier molecular flexibility index (Phi) is 4.10. The van der Waals surface area contributed by atoms with Crippen LogP contribution in [0.25, 0.3) is 11.3 Å². The van der Waals surface area contributed by atoms with Crippen LogP contribution < -0.4 is 16.5 Å². The van der Waals surface area contributed by atoms with Gasteiger partial charge in [0.1, 0.15) is 0 Å². The van der Waals surface area contributed by atoms with Gasteiger partial charge in [-0.2, -0.15) is 0 Å². The summed E-state index contributed by atoms with van der Waals surface area (Å²) in [7, 11) is 1.87. The zero-order valence-corrected chi connectivity index (χ0v) is 13.2. The summed E-state index contributed by atoms with van der Waals surface area (Å²) in [6.45, 7) is 2.06. The quantitative estimate of drug-likeness (QED) is 0.597. The fourth-order valence-electron chi connectivity index (χ4n) is 2.22. The fraction of sp³-hybridized carbons (Fsp3) is 0.111. The lowest BCUT2D eigenvalue weighted by Crippen LogP contribution is -2.33. The molecule has 2 aromatic carbocycles. The number of hydrogen-bond acceptors (Lipinski definition) is 4. The minimum Gasteiger partial charge on any atom is -0.337 e. The summed E-state index contributed by atoms with van der Waals surface area (Å²) in [6.07, 6.45) is 1.76. The highest BCUT2D eigenvalue weighted by molar-refractivity contribution is 5.58. The van der Waals surface area contributed by atoms with Crippen LogP contribution in [0, 0.1) is 6.92 Å². The van der Waals surface area contributed by atoms with Crippen LogP contribution in [0.1, 0.15) is 5.56 Å². The van der Waals surface area contributed by atoms with Gasteiger partial charge in [-0.15, -0.1) is 5.10 Å². The van der Waals surface area contributed by atoms with Gasteiger partial charge in [0.15, 0.2) is 0 Å². The first-order valence-corrected chi connectivity index (χ1v) is 7.39. The third-order valence-electron chi connectivity index (χ3n) is 3.56. The molecule has 0 unspecified atom stereocenters. The van der Waals surface area contributed by atoms with Gasteiger partial charge in [-0.05, 0) is 25.1 Å². The van der Waals surface area contributed by atoms with E-state index in [0.717, 1.165) is 16.9 Å². The molecule has 0 saturated carbocycles. The van der Waals surface area contributed by atoms with Crippen molar-refractivity contribution in [2.75, 3.05) is 17.9 Å². The number of para-hydroxylation sites is 1. The average Bonchev–Trinajstić information content (AvgIpc) is 2.58. The van der Waals surface area contributed by atoms with Crippen LogP contribution in [-0.2, 0) is 0 Å². The maximum Gasteiger partial charge on any atom is 0.266 e. The lowest BCUT2D eigenvalue weighted by atomic mass is 10.1. The van der Waals surface area contributed by atoms with Crippen LogP contribution in [0.15, 0.2) is 72.0 Å². The lowest BCUT2D eigenvalue weighted by Gasteiger charge is -2.12. The molecule has 0 fully saturated rings. The van der Waals surface area contributed by atoms with E-state index < -0.39 is 0 Å². The largest absolute Gasteiger partial charge is 0.337 e. The zero-order valence-electron chi connectivity index (χ0n) is 13.2. The van der Waals surface area contributed by atoms with Gasteiger partial charge >= 0.3 is 0 Å². The van der Waals surface area contributed by atoms with Gasteiger partial charge < -0.3 is 5.84 Å². The number of anilines is 1. The molecule has 0 aliphatic heterocycles. The molecule has 0 spiro atoms. The van der Waals surface area contributed by atoms with Crippen molar-refractivity contribution in [1.29, 1.82) is 0 Å². The summed E-state index contributed by atoms with van der Waals surface area (Å²) in [4.78, 5) is 4.57. The summed E-state index contributed by atoms with van der Waals surface area (Å²) >= 11 is 0. The number of aromatic nitrogens is 2. The number of hydrogen-bond donors (Lipinski definition) is 1. The first-order chi connectivity index (χ1) is 11.1. The molecule has 0 radical (unpaired) electrons. The predicted molar refractivity (Wildman–Crippen MR) is 93.0 cm³/mol. The molecule has 1 heterocycles. The molecule has 5 heteroatoms. The second-order valence-corrected chi connectivity index (χ2v) is 5.35. The Morgan fingerprint density at radius 1 is 1.00 bits per heavy atom. The summed E-state index contributed by atoms with van der Waals surface area (Å²) in [5.41, 5.74) is 4.50. The molecule has 1 aromatic heterocycles. The molecule has 3 rings (SSSR count). The van der Waals surface area contributed by atoms with E-state index in [9.17, 15) is 0 Å². The molecular weight excluding hydrogens is 286 g/mol. The molecule has 0 saturated heterocycles. The first-order valence-electron chi connectivity index (χ1n) is 7.39. The van der Waals surface area contributed by atoms with Crippen LogP contribution in [0.5, 0.6) is 0 Å². The van der Waals surface area contributed by atoms with Crippen molar-refractivity contribution in [1.82, 2.24) is 9.66 Å². The maximum atomic E-state index is 5.95. The molecule has 3 aromatic rings. The van der Waals surface area contributed by atoms with Crippen LogP contribution in [0.4, 0.5) is 5.69 Å². The zero-order chi connectivity index (χ0) is 16.2. The number of nitrogen functional groups attached to an aromatic ring is 1. The van der Waals surface area contributed by atoms with E-state index in [2.05, 4.69) is 29.1 Å². The van der Waals surface area contributed by atoms with Crippen LogP contribution in [-0.4, -0.2) is 16.7 Å². The topological polar surface area (TPSA) is 59.4 Å². The molecule has 0 aliphatic rings. The SMILES string of the molecule is Cc1ccc(-c2ccn(N)/c(=N/N(C)c3ccccc3)n2)cc1. The minimum atomic E-state index is 0.439. The van der Waals surface area contributed by atoms with Crippen molar-refractivity contribution in [2.45, 2.75) is 6.92 Å². The van der Waals surface area contributed by atoms with Crippen LogP contribution in [0.3, 0.4) is 0 Å². The number of nitrogens with two attached hydrogens (primary N) is 1. The predicted octanol–water partition coefficient (Wildman–Crippen LogP) is 2.52. The third kappa shape index (κ3) is 3.40. The minimum absolute atomic E-state index is 0.439. The van der Waals surface area contributed by atoms with E-state index in [-0.39, 0.29) is 0 Å². The Hall–Kier alpha value is -3.08. The maximum absolute atomic E-state index is 5.95. The average molecular weight is 305 g/mol. The summed E-state index contributed by atoms with van der Waals surface area (Å²) in [5, 5.41) is 6.25. The Morgan fingerprint density at radius 3 is 2.39 bits per heavy atom. The molecule has 0 atom stereocenters. The second-order valence-electron chi connectivity index (χ2n) is 5.35. The highest BCUT2D eigenvalue weighted by Crippen LogP contribution is 2.15. The Morgan fingerprint density at radius 2 is 1.70 bits per heavy atom. The highest BCUT2D eigenvalue weighted by Gasteiger charge is 2.02. The van der Waals surface area contributed by atoms with Gasteiger partial charge in [0, 0.05) is 18.8 Å². The van der Waals surface area contributed by atoms with Crippen LogP contribution >= 0.6 is 0 Å². The molecular formula is C18H19N5. The normalized spacial score (nSPS) is 11.5. The molecule has 2 N–H and O–H groups in total.